The first-order valence-corrected chi connectivity index (χ1v) is 6.90. The Labute approximate surface area is 121 Å². The topological polar surface area (TPSA) is 30.9 Å². The summed E-state index contributed by atoms with van der Waals surface area (Å²) in [5.74, 6) is -1.08. The number of fused-ring (bicyclic) bond motifs is 1. The number of nitrogens with two attached hydrogens (primary N) is 1. The summed E-state index contributed by atoms with van der Waals surface area (Å²) in [6.07, 6.45) is 2.74. The predicted molar refractivity (Wildman–Crippen MR) is 80.2 cm³/mol. The fraction of sp³-hybridized carbons (Fsp3) is 0.176. The number of nitrogens with zero attached hydrogens (tertiary/aromatic N) is 1. The number of hydrogen-bond acceptors (Lipinski definition) is 1. The zero-order valence-corrected chi connectivity index (χ0v) is 11.5. The van der Waals surface area contributed by atoms with Crippen LogP contribution in [0.4, 0.5) is 8.78 Å². The molecule has 4 heteroatoms. The van der Waals surface area contributed by atoms with Crippen LogP contribution in [0.5, 0.6) is 0 Å². The van der Waals surface area contributed by atoms with Gasteiger partial charge in [-0.3, -0.25) is 0 Å². The van der Waals surface area contributed by atoms with Crippen LogP contribution in [-0.2, 0) is 13.0 Å². The van der Waals surface area contributed by atoms with Crippen LogP contribution in [0.25, 0.3) is 10.9 Å². The maximum absolute atomic E-state index is 13.8. The van der Waals surface area contributed by atoms with E-state index in [-0.39, 0.29) is 0 Å². The molecule has 3 rings (SSSR count). The lowest BCUT2D eigenvalue weighted by Gasteiger charge is -2.08. The Morgan fingerprint density at radius 3 is 2.62 bits per heavy atom. The van der Waals surface area contributed by atoms with E-state index in [0.717, 1.165) is 23.4 Å². The number of aromatic nitrogens is 1. The lowest BCUT2D eigenvalue weighted by molar-refractivity contribution is 0.567. The molecule has 3 aromatic rings. The molecule has 0 fully saturated rings. The van der Waals surface area contributed by atoms with Gasteiger partial charge in [0.05, 0.1) is 6.54 Å². The van der Waals surface area contributed by atoms with E-state index in [1.807, 2.05) is 29.0 Å². The highest BCUT2D eigenvalue weighted by atomic mass is 19.1. The molecule has 2 N–H and O–H groups in total. The van der Waals surface area contributed by atoms with Crippen molar-refractivity contribution in [2.45, 2.75) is 13.0 Å². The Morgan fingerprint density at radius 2 is 1.86 bits per heavy atom. The van der Waals surface area contributed by atoms with Gasteiger partial charge in [-0.05, 0) is 36.7 Å². The van der Waals surface area contributed by atoms with Gasteiger partial charge >= 0.3 is 0 Å². The molecule has 21 heavy (non-hydrogen) atoms. The molecular formula is C17H16F2N2. The Hall–Kier alpha value is -2.20. The molecule has 0 spiro atoms. The summed E-state index contributed by atoms with van der Waals surface area (Å²) in [5, 5.41) is 1.13. The summed E-state index contributed by atoms with van der Waals surface area (Å²) in [7, 11) is 0. The average molecular weight is 286 g/mol. The van der Waals surface area contributed by atoms with E-state index >= 15 is 0 Å². The van der Waals surface area contributed by atoms with Crippen LogP contribution in [0.15, 0.2) is 48.7 Å². The van der Waals surface area contributed by atoms with Crippen molar-refractivity contribution in [1.29, 1.82) is 0 Å². The minimum atomic E-state index is -0.557. The molecule has 2 nitrogen and oxygen atoms in total. The fourth-order valence-electron chi connectivity index (χ4n) is 2.63. The lowest BCUT2D eigenvalue weighted by atomic mass is 10.1. The van der Waals surface area contributed by atoms with E-state index in [0.29, 0.717) is 18.7 Å². The third-order valence-electron chi connectivity index (χ3n) is 3.67. The van der Waals surface area contributed by atoms with Gasteiger partial charge in [-0.2, -0.15) is 0 Å². The molecule has 0 bridgehead atoms. The Balaban J connectivity index is 1.99. The van der Waals surface area contributed by atoms with E-state index < -0.39 is 11.6 Å². The van der Waals surface area contributed by atoms with Crippen molar-refractivity contribution in [1.82, 2.24) is 4.57 Å². The fourth-order valence-corrected chi connectivity index (χ4v) is 2.63. The van der Waals surface area contributed by atoms with Crippen LogP contribution in [0.3, 0.4) is 0 Å². The average Bonchev–Trinajstić information content (AvgIpc) is 2.87. The number of halogens is 2. The van der Waals surface area contributed by atoms with Crippen LogP contribution < -0.4 is 5.73 Å². The standard InChI is InChI=1S/C17H16F2N2/c18-14-5-4-13(16(19)10-14)11-21-9-7-15-12(6-8-20)2-1-3-17(15)21/h1-5,7,9-10H,6,8,11,20H2. The zero-order valence-electron chi connectivity index (χ0n) is 11.5. The van der Waals surface area contributed by atoms with Gasteiger partial charge in [-0.1, -0.05) is 18.2 Å². The molecule has 0 atom stereocenters. The summed E-state index contributed by atoms with van der Waals surface area (Å²) < 4.78 is 28.7. The van der Waals surface area contributed by atoms with Gasteiger partial charge in [-0.15, -0.1) is 0 Å². The summed E-state index contributed by atoms with van der Waals surface area (Å²) in [6.45, 7) is 0.971. The first-order valence-electron chi connectivity index (χ1n) is 6.90. The molecule has 1 aromatic heterocycles. The van der Waals surface area contributed by atoms with Crippen molar-refractivity contribution in [2.24, 2.45) is 5.73 Å². The molecule has 1 heterocycles. The summed E-state index contributed by atoms with van der Waals surface area (Å²) in [6, 6.07) is 11.7. The number of rotatable bonds is 4. The van der Waals surface area contributed by atoms with Crippen molar-refractivity contribution >= 4 is 10.9 Å². The molecule has 0 aliphatic carbocycles. The third kappa shape index (κ3) is 2.67. The molecule has 0 saturated carbocycles. The molecule has 0 saturated heterocycles. The van der Waals surface area contributed by atoms with Crippen LogP contribution in [0.2, 0.25) is 0 Å². The molecule has 0 aliphatic heterocycles. The zero-order chi connectivity index (χ0) is 14.8. The van der Waals surface area contributed by atoms with Gasteiger partial charge in [-0.25, -0.2) is 8.78 Å². The van der Waals surface area contributed by atoms with E-state index in [2.05, 4.69) is 6.07 Å². The molecule has 2 aromatic carbocycles. The van der Waals surface area contributed by atoms with E-state index in [9.17, 15) is 8.78 Å². The van der Waals surface area contributed by atoms with E-state index in [1.165, 1.54) is 17.7 Å². The van der Waals surface area contributed by atoms with Crippen LogP contribution in [0, 0.1) is 11.6 Å². The second-order valence-corrected chi connectivity index (χ2v) is 5.07. The van der Waals surface area contributed by atoms with Crippen LogP contribution in [0.1, 0.15) is 11.1 Å². The van der Waals surface area contributed by atoms with E-state index in [1.54, 1.807) is 0 Å². The van der Waals surface area contributed by atoms with Crippen molar-refractivity contribution in [3.05, 3.63) is 71.4 Å². The quantitative estimate of drug-likeness (QED) is 0.782. The van der Waals surface area contributed by atoms with Gasteiger partial charge in [0.2, 0.25) is 0 Å². The minimum absolute atomic E-state index is 0.377. The summed E-state index contributed by atoms with van der Waals surface area (Å²) in [5.41, 5.74) is 8.31. The van der Waals surface area contributed by atoms with Crippen molar-refractivity contribution < 1.29 is 8.78 Å². The molecule has 108 valence electrons. The van der Waals surface area contributed by atoms with Gasteiger partial charge in [0, 0.05) is 28.7 Å². The van der Waals surface area contributed by atoms with E-state index in [4.69, 9.17) is 5.73 Å². The summed E-state index contributed by atoms with van der Waals surface area (Å²) >= 11 is 0. The molecule has 0 aliphatic rings. The highest BCUT2D eigenvalue weighted by Crippen LogP contribution is 2.22. The Bertz CT molecular complexity index is 778. The summed E-state index contributed by atoms with van der Waals surface area (Å²) in [4.78, 5) is 0. The SMILES string of the molecule is NCCc1cccc2c1ccn2Cc1ccc(F)cc1F. The molecule has 0 radical (unpaired) electrons. The first kappa shape index (κ1) is 13.8. The van der Waals surface area contributed by atoms with Crippen LogP contribution in [-0.4, -0.2) is 11.1 Å². The molecule has 0 unspecified atom stereocenters. The lowest BCUT2D eigenvalue weighted by Crippen LogP contribution is -2.03. The number of benzene rings is 2. The maximum atomic E-state index is 13.8. The van der Waals surface area contributed by atoms with Gasteiger partial charge in [0.25, 0.3) is 0 Å². The monoisotopic (exact) mass is 286 g/mol. The van der Waals surface area contributed by atoms with Gasteiger partial charge < -0.3 is 10.3 Å². The van der Waals surface area contributed by atoms with Crippen molar-refractivity contribution in [2.75, 3.05) is 6.54 Å². The smallest absolute Gasteiger partial charge is 0.131 e. The normalized spacial score (nSPS) is 11.2. The second-order valence-electron chi connectivity index (χ2n) is 5.07. The highest BCUT2D eigenvalue weighted by Gasteiger charge is 2.08. The van der Waals surface area contributed by atoms with Crippen LogP contribution >= 0.6 is 0 Å². The highest BCUT2D eigenvalue weighted by molar-refractivity contribution is 5.83. The largest absolute Gasteiger partial charge is 0.343 e. The first-order chi connectivity index (χ1) is 10.2. The molecular weight excluding hydrogens is 270 g/mol. The molecule has 0 amide bonds. The van der Waals surface area contributed by atoms with Crippen molar-refractivity contribution in [3.8, 4) is 0 Å². The number of hydrogen-bond donors (Lipinski definition) is 1. The second kappa shape index (κ2) is 5.66. The maximum Gasteiger partial charge on any atom is 0.131 e. The Morgan fingerprint density at radius 1 is 1.00 bits per heavy atom. The third-order valence-corrected chi connectivity index (χ3v) is 3.67. The predicted octanol–water partition coefficient (Wildman–Crippen LogP) is 3.47. The minimum Gasteiger partial charge on any atom is -0.343 e. The van der Waals surface area contributed by atoms with Gasteiger partial charge in [0.15, 0.2) is 0 Å². The van der Waals surface area contributed by atoms with Gasteiger partial charge in [0.1, 0.15) is 11.6 Å². The van der Waals surface area contributed by atoms with Crippen molar-refractivity contribution in [3.63, 3.8) is 0 Å². The Kier molecular flexibility index (Phi) is 3.71.